The van der Waals surface area contributed by atoms with Crippen LogP contribution >= 0.6 is 24.0 Å². The Hall–Kier alpha value is -4.43. The van der Waals surface area contributed by atoms with Gasteiger partial charge in [0.15, 0.2) is 16.1 Å². The van der Waals surface area contributed by atoms with Crippen LogP contribution in [0.2, 0.25) is 0 Å². The molecule has 0 bridgehead atoms. The van der Waals surface area contributed by atoms with Gasteiger partial charge >= 0.3 is 6.36 Å². The van der Waals surface area contributed by atoms with Crippen molar-refractivity contribution in [2.75, 3.05) is 24.3 Å². The van der Waals surface area contributed by atoms with Gasteiger partial charge in [0.2, 0.25) is 5.91 Å². The van der Waals surface area contributed by atoms with Crippen molar-refractivity contribution in [3.8, 4) is 28.6 Å². The van der Waals surface area contributed by atoms with Gasteiger partial charge in [0, 0.05) is 18.2 Å². The molecule has 234 valence electrons. The van der Waals surface area contributed by atoms with E-state index in [-0.39, 0.29) is 28.4 Å². The fourth-order valence-electron chi connectivity index (χ4n) is 4.64. The molecule has 0 unspecified atom stereocenters. The minimum Gasteiger partial charge on any atom is -0.497 e. The van der Waals surface area contributed by atoms with Gasteiger partial charge in [-0.05, 0) is 72.1 Å². The number of benzene rings is 3. The smallest absolute Gasteiger partial charge is 0.497 e. The highest BCUT2D eigenvalue weighted by Gasteiger charge is 2.33. The van der Waals surface area contributed by atoms with Crippen LogP contribution in [-0.4, -0.2) is 56.7 Å². The molecule has 0 aliphatic carbocycles. The fourth-order valence-corrected chi connectivity index (χ4v) is 5.75. The van der Waals surface area contributed by atoms with E-state index in [1.807, 2.05) is 42.5 Å². The van der Waals surface area contributed by atoms with E-state index >= 15 is 0 Å². The van der Waals surface area contributed by atoms with Crippen LogP contribution in [0.25, 0.3) is 17.1 Å². The molecule has 2 heterocycles. The summed E-state index contributed by atoms with van der Waals surface area (Å²) in [6.07, 6.45) is -2.64. The second kappa shape index (κ2) is 13.7. The van der Waals surface area contributed by atoms with Gasteiger partial charge in [0.05, 0.1) is 24.2 Å². The first-order chi connectivity index (χ1) is 21.5. The molecule has 14 heteroatoms. The number of aromatic nitrogens is 3. The Bertz CT molecular complexity index is 1720. The lowest BCUT2D eigenvalue weighted by Crippen LogP contribution is -2.32. The third-order valence-corrected chi connectivity index (χ3v) is 7.92. The predicted octanol–water partition coefficient (Wildman–Crippen LogP) is 6.52. The molecule has 1 amide bonds. The van der Waals surface area contributed by atoms with E-state index in [4.69, 9.17) is 17.0 Å². The summed E-state index contributed by atoms with van der Waals surface area (Å²) in [5, 5.41) is 8.42. The molecule has 0 saturated carbocycles. The maximum absolute atomic E-state index is 12.9. The molecule has 1 aromatic heterocycles. The number of hydrogen-bond donors (Lipinski definition) is 1. The Labute approximate surface area is 267 Å². The molecule has 3 aromatic carbocycles. The van der Waals surface area contributed by atoms with Crippen LogP contribution in [0.4, 0.5) is 18.9 Å². The third-order valence-electron chi connectivity index (χ3n) is 6.76. The number of halogens is 3. The van der Waals surface area contributed by atoms with Crippen molar-refractivity contribution in [1.29, 1.82) is 0 Å². The Morgan fingerprint density at radius 2 is 1.87 bits per heavy atom. The van der Waals surface area contributed by atoms with Crippen molar-refractivity contribution in [3.63, 3.8) is 0 Å². The number of methoxy groups -OCH3 is 1. The van der Waals surface area contributed by atoms with Crippen LogP contribution in [0.5, 0.6) is 11.5 Å². The molecule has 1 N–H and O–H groups in total. The zero-order chi connectivity index (χ0) is 32.1. The molecular formula is C31H29F3N6O3S2. The van der Waals surface area contributed by atoms with Gasteiger partial charge in [-0.1, -0.05) is 49.9 Å². The van der Waals surface area contributed by atoms with Crippen LogP contribution in [0, 0.1) is 0 Å². The minimum absolute atomic E-state index is 0.0722. The Morgan fingerprint density at radius 1 is 1.11 bits per heavy atom. The van der Waals surface area contributed by atoms with Gasteiger partial charge < -0.3 is 14.8 Å². The zero-order valence-corrected chi connectivity index (χ0v) is 26.2. The van der Waals surface area contributed by atoms with Crippen LogP contribution in [0.1, 0.15) is 30.9 Å². The summed E-state index contributed by atoms with van der Waals surface area (Å²) in [6, 6.07) is 18.8. The number of nitrogens with zero attached hydrogens (tertiary/aromatic N) is 5. The van der Waals surface area contributed by atoms with Crippen LogP contribution < -0.4 is 19.7 Å². The quantitative estimate of drug-likeness (QED) is 0.204. The summed E-state index contributed by atoms with van der Waals surface area (Å²) in [7, 11) is 1.59. The van der Waals surface area contributed by atoms with Crippen molar-refractivity contribution in [2.45, 2.75) is 32.5 Å². The molecular weight excluding hydrogens is 626 g/mol. The van der Waals surface area contributed by atoms with Crippen molar-refractivity contribution in [2.24, 2.45) is 4.99 Å². The lowest BCUT2D eigenvalue weighted by atomic mass is 10.00. The molecule has 0 radical (unpaired) electrons. The molecule has 1 fully saturated rings. The van der Waals surface area contributed by atoms with Gasteiger partial charge in [0.25, 0.3) is 0 Å². The lowest BCUT2D eigenvalue weighted by Gasteiger charge is -2.22. The van der Waals surface area contributed by atoms with Gasteiger partial charge in [0.1, 0.15) is 17.8 Å². The topological polar surface area (TPSA) is 93.9 Å². The molecule has 1 aliphatic rings. The Balaban J connectivity index is 1.22. The number of rotatable bonds is 9. The number of amides is 1. The average molecular weight is 655 g/mol. The summed E-state index contributed by atoms with van der Waals surface area (Å²) in [5.74, 6) is 1.18. The van der Waals surface area contributed by atoms with E-state index in [1.165, 1.54) is 47.0 Å². The molecule has 5 rings (SSSR count). The second-order valence-corrected chi connectivity index (χ2v) is 11.6. The number of amidine groups is 1. The summed E-state index contributed by atoms with van der Waals surface area (Å²) in [6.45, 7) is 4.64. The predicted molar refractivity (Wildman–Crippen MR) is 172 cm³/mol. The summed E-state index contributed by atoms with van der Waals surface area (Å²) >= 11 is 6.84. The lowest BCUT2D eigenvalue weighted by molar-refractivity contribution is -0.274. The van der Waals surface area contributed by atoms with Crippen LogP contribution in [0.3, 0.4) is 0 Å². The highest BCUT2D eigenvalue weighted by Crippen LogP contribution is 2.36. The largest absolute Gasteiger partial charge is 0.573 e. The molecule has 45 heavy (non-hydrogen) atoms. The monoisotopic (exact) mass is 654 g/mol. The van der Waals surface area contributed by atoms with Crippen molar-refractivity contribution >= 4 is 45.9 Å². The van der Waals surface area contributed by atoms with E-state index in [9.17, 15) is 18.0 Å². The number of nitrogens with one attached hydrogen (secondary N) is 1. The van der Waals surface area contributed by atoms with Crippen LogP contribution in [-0.2, 0) is 11.2 Å². The van der Waals surface area contributed by atoms with E-state index in [0.717, 1.165) is 22.4 Å². The number of ether oxygens (including phenoxy) is 2. The summed E-state index contributed by atoms with van der Waals surface area (Å²) in [5.41, 5.74) is 4.06. The number of carbonyl (C=O) groups is 1. The van der Waals surface area contributed by atoms with Gasteiger partial charge in [-0.3, -0.25) is 9.69 Å². The highest BCUT2D eigenvalue weighted by molar-refractivity contribution is 8.15. The maximum Gasteiger partial charge on any atom is 0.573 e. The standard InChI is InChI=1S/C31H29F3N6O3S2/c1-19(2)25-12-11-24(42-3)16-26(25)40-27(41)17-45-30(40)37-29(44)35-14-13-20-5-4-6-21(15-20)28-36-18-39(38-28)22-7-9-23(10-8-22)43-31(32,33)34/h4-12,15-16,18-19H,13-14,17H2,1-3H3,(H,35,44)/b37-30-. The maximum atomic E-state index is 12.9. The van der Waals surface area contributed by atoms with Gasteiger partial charge in [-0.25, -0.2) is 9.67 Å². The van der Waals surface area contributed by atoms with Gasteiger partial charge in [-0.2, -0.15) is 4.99 Å². The second-order valence-electron chi connectivity index (χ2n) is 10.2. The van der Waals surface area contributed by atoms with Crippen molar-refractivity contribution < 1.29 is 27.4 Å². The SMILES string of the molecule is COc1ccc(C(C)C)c(N2C(=O)CS/C2=N\C(=S)NCCc2cccc(-c3ncn(-c4ccc(OC(F)(F)F)cc4)n3)c2)c1. The number of thiocarbonyl (C=S) groups is 1. The average Bonchev–Trinajstić information content (AvgIpc) is 3.63. The Kier molecular flexibility index (Phi) is 9.73. The first-order valence-corrected chi connectivity index (χ1v) is 15.3. The minimum atomic E-state index is -4.76. The van der Waals surface area contributed by atoms with E-state index < -0.39 is 6.36 Å². The first-order valence-electron chi connectivity index (χ1n) is 13.9. The number of alkyl halides is 3. The third kappa shape index (κ3) is 8.00. The molecule has 9 nitrogen and oxygen atoms in total. The number of anilines is 1. The molecule has 0 spiro atoms. The number of aliphatic imine (C=N–C) groups is 1. The Morgan fingerprint density at radius 3 is 2.58 bits per heavy atom. The molecule has 4 aromatic rings. The molecule has 0 atom stereocenters. The highest BCUT2D eigenvalue weighted by atomic mass is 32.2. The fraction of sp³-hybridized carbons (Fsp3) is 0.258. The number of hydrogen-bond acceptors (Lipinski definition) is 7. The molecule has 1 saturated heterocycles. The summed E-state index contributed by atoms with van der Waals surface area (Å²) in [4.78, 5) is 23.4. The zero-order valence-electron chi connectivity index (χ0n) is 24.5. The van der Waals surface area contributed by atoms with E-state index in [0.29, 0.717) is 35.4 Å². The number of thioether (sulfide) groups is 1. The molecule has 1 aliphatic heterocycles. The number of carbonyl (C=O) groups excluding carboxylic acids is 1. The first kappa shape index (κ1) is 32.0. The van der Waals surface area contributed by atoms with Crippen LogP contribution in [0.15, 0.2) is 78.0 Å². The normalized spacial score (nSPS) is 14.3. The van der Waals surface area contributed by atoms with Crippen molar-refractivity contribution in [3.05, 3.63) is 84.2 Å². The van der Waals surface area contributed by atoms with Crippen molar-refractivity contribution in [1.82, 2.24) is 20.1 Å². The van der Waals surface area contributed by atoms with E-state index in [1.54, 1.807) is 12.0 Å². The summed E-state index contributed by atoms with van der Waals surface area (Å²) < 4.78 is 48.1. The van der Waals surface area contributed by atoms with E-state index in [2.05, 4.69) is 39.0 Å². The van der Waals surface area contributed by atoms with Gasteiger partial charge in [-0.15, -0.1) is 18.3 Å².